The second-order valence-electron chi connectivity index (χ2n) is 5.92. The Bertz CT molecular complexity index is 921. The van der Waals surface area contributed by atoms with Crippen molar-refractivity contribution in [3.8, 4) is 0 Å². The van der Waals surface area contributed by atoms with E-state index in [4.69, 9.17) is 16.3 Å². The van der Waals surface area contributed by atoms with E-state index in [9.17, 15) is 27.9 Å². The Balaban J connectivity index is 2.30. The number of benzene rings is 2. The molecular weight excluding hydrogens is 431 g/mol. The van der Waals surface area contributed by atoms with Crippen LogP contribution in [0.15, 0.2) is 41.3 Å². The number of carboxylic acids is 1. The molecule has 0 bridgehead atoms. The molecule has 0 aliphatic rings. The maximum absolute atomic E-state index is 13.0. The number of carbonyl (C=O) groups is 2. The van der Waals surface area contributed by atoms with Gasteiger partial charge >= 0.3 is 17.4 Å². The molecule has 10 heteroatoms. The summed E-state index contributed by atoms with van der Waals surface area (Å²) in [6.07, 6.45) is -4.67. The fraction of sp³-hybridized carbons (Fsp3) is 0.263. The van der Waals surface area contributed by atoms with Gasteiger partial charge in [-0.1, -0.05) is 23.7 Å². The molecule has 2 aromatic rings. The second kappa shape index (κ2) is 9.41. The van der Waals surface area contributed by atoms with E-state index in [0.29, 0.717) is 16.0 Å². The predicted octanol–water partition coefficient (Wildman–Crippen LogP) is 6.15. The van der Waals surface area contributed by atoms with Gasteiger partial charge in [0.15, 0.2) is 6.04 Å². The average molecular weight is 448 g/mol. The van der Waals surface area contributed by atoms with Crippen LogP contribution in [-0.4, -0.2) is 23.0 Å². The van der Waals surface area contributed by atoms with Crippen molar-refractivity contribution in [2.75, 3.05) is 11.9 Å². The van der Waals surface area contributed by atoms with E-state index in [-0.39, 0.29) is 12.3 Å². The molecular formula is C19H17ClF3NO4S. The minimum Gasteiger partial charge on any atom is -0.479 e. The summed E-state index contributed by atoms with van der Waals surface area (Å²) in [5, 5.41) is 11.2. The number of aryl methyl sites for hydroxylation is 1. The molecule has 0 saturated carbocycles. The molecule has 0 saturated heterocycles. The van der Waals surface area contributed by atoms with Gasteiger partial charge in [-0.3, -0.25) is 0 Å². The van der Waals surface area contributed by atoms with Crippen molar-refractivity contribution in [2.24, 2.45) is 0 Å². The number of carbonyl (C=O) groups excluding carboxylic acids is 1. The minimum atomic E-state index is -4.67. The van der Waals surface area contributed by atoms with E-state index in [1.807, 2.05) is 0 Å². The van der Waals surface area contributed by atoms with E-state index in [0.717, 1.165) is 23.9 Å². The van der Waals surface area contributed by atoms with Gasteiger partial charge in [-0.2, -0.15) is 13.2 Å². The van der Waals surface area contributed by atoms with Crippen LogP contribution in [0.2, 0.25) is 5.02 Å². The number of rotatable bonds is 6. The Labute approximate surface area is 174 Å². The van der Waals surface area contributed by atoms with Crippen molar-refractivity contribution in [3.05, 3.63) is 58.1 Å². The number of thioether (sulfide) groups is 1. The molecule has 0 spiro atoms. The van der Waals surface area contributed by atoms with Crippen molar-refractivity contribution < 1.29 is 32.6 Å². The minimum absolute atomic E-state index is 0.0447. The van der Waals surface area contributed by atoms with Crippen LogP contribution in [0.3, 0.4) is 0 Å². The Morgan fingerprint density at radius 2 is 1.93 bits per heavy atom. The lowest BCUT2D eigenvalue weighted by atomic mass is 10.0. The first-order valence-corrected chi connectivity index (χ1v) is 9.53. The summed E-state index contributed by atoms with van der Waals surface area (Å²) in [6.45, 7) is 3.60. The summed E-state index contributed by atoms with van der Waals surface area (Å²) in [4.78, 5) is 23.9. The molecule has 0 radical (unpaired) electrons. The number of hydrogen-bond donors (Lipinski definition) is 2. The molecule has 29 heavy (non-hydrogen) atoms. The molecule has 5 nitrogen and oxygen atoms in total. The lowest BCUT2D eigenvalue weighted by molar-refractivity contribution is -0.138. The Kier molecular flexibility index (Phi) is 7.43. The van der Waals surface area contributed by atoms with Crippen LogP contribution in [-0.2, 0) is 15.7 Å². The number of carboxylic acid groups (broad SMARTS) is 1. The number of hydrogen-bond acceptors (Lipinski definition) is 5. The summed E-state index contributed by atoms with van der Waals surface area (Å²) in [6, 6.07) is 6.37. The van der Waals surface area contributed by atoms with Crippen molar-refractivity contribution in [1.29, 1.82) is 0 Å². The largest absolute Gasteiger partial charge is 0.479 e. The number of aliphatic carboxylic acids is 1. The molecule has 0 aliphatic heterocycles. The first-order chi connectivity index (χ1) is 13.5. The number of halogens is 4. The lowest BCUT2D eigenvalue weighted by Gasteiger charge is -2.19. The third kappa shape index (κ3) is 6.04. The monoisotopic (exact) mass is 447 g/mol. The van der Waals surface area contributed by atoms with E-state index in [2.05, 4.69) is 5.32 Å². The lowest BCUT2D eigenvalue weighted by Crippen LogP contribution is -2.21. The highest BCUT2D eigenvalue weighted by Crippen LogP contribution is 2.37. The number of anilines is 1. The van der Waals surface area contributed by atoms with Crippen LogP contribution in [0.4, 0.5) is 23.7 Å². The zero-order chi connectivity index (χ0) is 21.8. The van der Waals surface area contributed by atoms with Gasteiger partial charge in [0.25, 0.3) is 0 Å². The zero-order valence-electron chi connectivity index (χ0n) is 15.3. The third-order valence-corrected chi connectivity index (χ3v) is 5.11. The molecule has 1 atom stereocenters. The highest BCUT2D eigenvalue weighted by molar-refractivity contribution is 8.13. The molecule has 0 heterocycles. The Hall–Kier alpha value is -2.39. The summed E-state index contributed by atoms with van der Waals surface area (Å²) >= 11 is 6.46. The fourth-order valence-corrected chi connectivity index (χ4v) is 3.43. The highest BCUT2D eigenvalue weighted by atomic mass is 35.5. The van der Waals surface area contributed by atoms with E-state index in [1.165, 1.54) is 12.1 Å². The van der Waals surface area contributed by atoms with Crippen LogP contribution in [0.1, 0.15) is 29.7 Å². The van der Waals surface area contributed by atoms with Gasteiger partial charge in [0.1, 0.15) is 0 Å². The normalized spacial score (nSPS) is 12.3. The zero-order valence-corrected chi connectivity index (χ0v) is 16.9. The standard InChI is InChI=1S/C19H17ClF3NO4S/c1-3-28-18(27)29-15-7-4-11(8-10(15)2)16(17(25)26)24-12-5-6-14(20)13(9-12)19(21,22)23/h4-9,16,24H,3H2,1-2H3,(H,25,26). The van der Waals surface area contributed by atoms with Crippen LogP contribution in [0.25, 0.3) is 0 Å². The average Bonchev–Trinajstić information content (AvgIpc) is 2.61. The quantitative estimate of drug-likeness (QED) is 0.408. The number of alkyl halides is 3. The predicted molar refractivity (Wildman–Crippen MR) is 105 cm³/mol. The second-order valence-corrected chi connectivity index (χ2v) is 7.30. The molecule has 0 amide bonds. The van der Waals surface area contributed by atoms with E-state index in [1.54, 1.807) is 26.0 Å². The summed E-state index contributed by atoms with van der Waals surface area (Å²) in [5.41, 5.74) is -0.171. The van der Waals surface area contributed by atoms with E-state index >= 15 is 0 Å². The van der Waals surface area contributed by atoms with Crippen LogP contribution < -0.4 is 5.32 Å². The molecule has 2 N–H and O–H groups in total. The van der Waals surface area contributed by atoms with Crippen LogP contribution in [0, 0.1) is 6.92 Å². The van der Waals surface area contributed by atoms with Gasteiger partial charge < -0.3 is 15.2 Å². The first kappa shape index (κ1) is 22.9. The summed E-state index contributed by atoms with van der Waals surface area (Å²) in [7, 11) is 0. The van der Waals surface area contributed by atoms with Crippen LogP contribution in [0.5, 0.6) is 0 Å². The Morgan fingerprint density at radius 1 is 1.24 bits per heavy atom. The third-order valence-electron chi connectivity index (χ3n) is 3.82. The van der Waals surface area contributed by atoms with Crippen molar-refractivity contribution in [2.45, 2.75) is 31.0 Å². The Morgan fingerprint density at radius 3 is 2.48 bits per heavy atom. The summed E-state index contributed by atoms with van der Waals surface area (Å²) in [5.74, 6) is -1.28. The van der Waals surface area contributed by atoms with Crippen molar-refractivity contribution >= 4 is 40.3 Å². The maximum Gasteiger partial charge on any atom is 0.417 e. The molecule has 0 fully saturated rings. The van der Waals surface area contributed by atoms with Gasteiger partial charge in [0.05, 0.1) is 17.2 Å². The summed E-state index contributed by atoms with van der Waals surface area (Å²) < 4.78 is 44.0. The topological polar surface area (TPSA) is 75.6 Å². The first-order valence-electron chi connectivity index (χ1n) is 8.34. The molecule has 1 unspecified atom stereocenters. The molecule has 2 aromatic carbocycles. The van der Waals surface area contributed by atoms with Crippen LogP contribution >= 0.6 is 23.4 Å². The van der Waals surface area contributed by atoms with Gasteiger partial charge in [0, 0.05) is 10.6 Å². The van der Waals surface area contributed by atoms with Gasteiger partial charge in [-0.05, 0) is 61.0 Å². The van der Waals surface area contributed by atoms with Gasteiger partial charge in [0.2, 0.25) is 0 Å². The fourth-order valence-electron chi connectivity index (χ4n) is 2.49. The van der Waals surface area contributed by atoms with Crippen molar-refractivity contribution in [3.63, 3.8) is 0 Å². The van der Waals surface area contributed by atoms with Crippen molar-refractivity contribution in [1.82, 2.24) is 0 Å². The van der Waals surface area contributed by atoms with Gasteiger partial charge in [-0.25, -0.2) is 9.59 Å². The number of nitrogens with one attached hydrogen (secondary N) is 1. The smallest absolute Gasteiger partial charge is 0.417 e. The number of ether oxygens (including phenoxy) is 1. The maximum atomic E-state index is 13.0. The molecule has 0 aromatic heterocycles. The van der Waals surface area contributed by atoms with E-state index < -0.39 is 34.1 Å². The SMILES string of the molecule is CCOC(=O)Sc1ccc(C(Nc2ccc(Cl)c(C(F)(F)F)c2)C(=O)O)cc1C. The van der Waals surface area contributed by atoms with Gasteiger partial charge in [-0.15, -0.1) is 0 Å². The molecule has 156 valence electrons. The molecule has 2 rings (SSSR count). The highest BCUT2D eigenvalue weighted by Gasteiger charge is 2.33. The molecule has 0 aliphatic carbocycles.